The zero-order valence-corrected chi connectivity index (χ0v) is 16.5. The van der Waals surface area contributed by atoms with E-state index in [0.29, 0.717) is 11.4 Å². The number of anilines is 1. The molecule has 148 valence electrons. The number of benzene rings is 1. The second-order valence-corrected chi connectivity index (χ2v) is 6.98. The smallest absolute Gasteiger partial charge is 0.340 e. The van der Waals surface area contributed by atoms with E-state index in [2.05, 4.69) is 21.9 Å². The highest BCUT2D eigenvalue weighted by Gasteiger charge is 2.21. The Kier molecular flexibility index (Phi) is 6.49. The number of ether oxygens (including phenoxy) is 1. The Hall–Kier alpha value is -2.64. The van der Waals surface area contributed by atoms with Crippen LogP contribution in [0.2, 0.25) is 5.02 Å². The van der Waals surface area contributed by atoms with Gasteiger partial charge in [-0.05, 0) is 25.0 Å². The maximum atomic E-state index is 12.8. The number of likely N-dealkylation sites (tertiary alicyclic amines) is 1. The largest absolute Gasteiger partial charge is 0.465 e. The van der Waals surface area contributed by atoms with E-state index in [-0.39, 0.29) is 16.6 Å². The van der Waals surface area contributed by atoms with Crippen molar-refractivity contribution in [1.82, 2.24) is 14.7 Å². The second-order valence-electron chi connectivity index (χ2n) is 6.61. The minimum atomic E-state index is -0.547. The van der Waals surface area contributed by atoms with Crippen molar-refractivity contribution < 1.29 is 9.53 Å². The highest BCUT2D eigenvalue weighted by Crippen LogP contribution is 2.22. The summed E-state index contributed by atoms with van der Waals surface area (Å²) in [4.78, 5) is 27.1. The number of methoxy groups -OCH3 is 1. The molecular weight excluding hydrogens is 380 g/mol. The monoisotopic (exact) mass is 402 g/mol. The molecule has 1 aromatic carbocycles. The topological polar surface area (TPSA) is 76.5 Å². The first-order chi connectivity index (χ1) is 13.5. The van der Waals surface area contributed by atoms with E-state index in [9.17, 15) is 9.59 Å². The molecule has 1 saturated heterocycles. The van der Waals surface area contributed by atoms with E-state index >= 15 is 0 Å². The van der Waals surface area contributed by atoms with Gasteiger partial charge in [-0.3, -0.25) is 9.69 Å². The molecule has 1 fully saturated rings. The average molecular weight is 403 g/mol. The van der Waals surface area contributed by atoms with Crippen LogP contribution >= 0.6 is 11.6 Å². The van der Waals surface area contributed by atoms with Crippen molar-refractivity contribution in [3.8, 4) is 5.69 Å². The molecule has 3 rings (SSSR count). The first-order valence-electron chi connectivity index (χ1n) is 9.10. The van der Waals surface area contributed by atoms with Gasteiger partial charge >= 0.3 is 5.97 Å². The van der Waals surface area contributed by atoms with Crippen LogP contribution in [0.15, 0.2) is 47.9 Å². The van der Waals surface area contributed by atoms with Gasteiger partial charge in [-0.15, -0.1) is 6.58 Å². The van der Waals surface area contributed by atoms with Crippen molar-refractivity contribution in [1.29, 1.82) is 0 Å². The van der Waals surface area contributed by atoms with Gasteiger partial charge in [0.2, 0.25) is 0 Å². The number of aromatic nitrogens is 2. The van der Waals surface area contributed by atoms with E-state index in [1.54, 1.807) is 24.3 Å². The Morgan fingerprint density at radius 2 is 2.11 bits per heavy atom. The summed E-state index contributed by atoms with van der Waals surface area (Å²) < 4.78 is 5.90. The second kappa shape index (κ2) is 9.03. The number of para-hydroxylation sites is 1. The fraction of sp³-hybridized carbons (Fsp3) is 0.350. The van der Waals surface area contributed by atoms with Gasteiger partial charge in [-0.1, -0.05) is 29.8 Å². The van der Waals surface area contributed by atoms with Crippen LogP contribution in [0, 0.1) is 0 Å². The van der Waals surface area contributed by atoms with Gasteiger partial charge in [0, 0.05) is 25.7 Å². The summed E-state index contributed by atoms with van der Waals surface area (Å²) in [6.07, 6.45) is 5.31. The Bertz CT molecular complexity index is 920. The third-order valence-electron chi connectivity index (χ3n) is 4.79. The summed E-state index contributed by atoms with van der Waals surface area (Å²) in [6.45, 7) is 6.56. The molecule has 2 aromatic rings. The maximum absolute atomic E-state index is 12.8. The van der Waals surface area contributed by atoms with Crippen LogP contribution in [-0.4, -0.2) is 53.4 Å². The van der Waals surface area contributed by atoms with Gasteiger partial charge in [0.05, 0.1) is 30.2 Å². The number of esters is 1. The molecule has 8 heteroatoms. The fourth-order valence-corrected chi connectivity index (χ4v) is 3.49. The van der Waals surface area contributed by atoms with E-state index in [1.165, 1.54) is 13.3 Å². The lowest BCUT2D eigenvalue weighted by Crippen LogP contribution is -2.39. The van der Waals surface area contributed by atoms with Crippen molar-refractivity contribution >= 4 is 23.3 Å². The number of nitrogens with zero attached hydrogens (tertiary/aromatic N) is 3. The predicted octanol–water partition coefficient (Wildman–Crippen LogP) is 2.73. The molecule has 0 radical (unpaired) electrons. The molecule has 0 unspecified atom stereocenters. The molecule has 0 atom stereocenters. The van der Waals surface area contributed by atoms with Crippen molar-refractivity contribution in [2.75, 3.05) is 32.1 Å². The Morgan fingerprint density at radius 3 is 2.79 bits per heavy atom. The minimum absolute atomic E-state index is 0.0446. The van der Waals surface area contributed by atoms with Crippen LogP contribution in [0.3, 0.4) is 0 Å². The van der Waals surface area contributed by atoms with Crippen molar-refractivity contribution in [3.63, 3.8) is 0 Å². The molecule has 0 bridgehead atoms. The number of halogens is 1. The van der Waals surface area contributed by atoms with Crippen LogP contribution in [-0.2, 0) is 4.74 Å². The third-order valence-corrected chi connectivity index (χ3v) is 5.16. The van der Waals surface area contributed by atoms with E-state index < -0.39 is 11.5 Å². The lowest BCUT2D eigenvalue weighted by atomic mass is 10.0. The Labute approximate surface area is 168 Å². The maximum Gasteiger partial charge on any atom is 0.340 e. The van der Waals surface area contributed by atoms with Gasteiger partial charge in [0.15, 0.2) is 0 Å². The summed E-state index contributed by atoms with van der Waals surface area (Å²) in [5.41, 5.74) is 0.573. The first kappa shape index (κ1) is 20.1. The van der Waals surface area contributed by atoms with Gasteiger partial charge < -0.3 is 10.1 Å². The molecule has 2 heterocycles. The van der Waals surface area contributed by atoms with Crippen molar-refractivity contribution in [2.45, 2.75) is 18.9 Å². The number of rotatable bonds is 6. The summed E-state index contributed by atoms with van der Waals surface area (Å²) in [5.74, 6) is -0.547. The Balaban J connectivity index is 1.82. The summed E-state index contributed by atoms with van der Waals surface area (Å²) in [5, 5.41) is 7.59. The zero-order valence-electron chi connectivity index (χ0n) is 15.7. The number of hydrogen-bond donors (Lipinski definition) is 1. The molecule has 0 spiro atoms. The van der Waals surface area contributed by atoms with E-state index in [0.717, 1.165) is 37.2 Å². The van der Waals surface area contributed by atoms with Crippen LogP contribution in [0.5, 0.6) is 0 Å². The summed E-state index contributed by atoms with van der Waals surface area (Å²) in [7, 11) is 1.29. The normalized spacial score (nSPS) is 15.2. The number of nitrogens with one attached hydrogen (secondary N) is 1. The number of carbonyl (C=O) groups excluding carboxylic acids is 1. The summed E-state index contributed by atoms with van der Waals surface area (Å²) in [6, 6.07) is 6.83. The standard InChI is InChI=1S/C20H23ClN4O3/c1-3-10-24-11-8-14(9-12-24)23-16-13-22-25(19(26)18(16)21)17-7-5-4-6-15(17)20(27)28-2/h3-7,13-14,23H,1,8-12H2,2H3. The molecule has 1 N–H and O–H groups in total. The number of piperidine rings is 1. The van der Waals surface area contributed by atoms with Crippen LogP contribution in [0.1, 0.15) is 23.2 Å². The average Bonchev–Trinajstić information content (AvgIpc) is 2.72. The molecule has 1 aliphatic rings. The van der Waals surface area contributed by atoms with Gasteiger partial charge in [-0.25, -0.2) is 4.79 Å². The number of carbonyl (C=O) groups is 1. The van der Waals surface area contributed by atoms with Gasteiger partial charge in [-0.2, -0.15) is 9.78 Å². The van der Waals surface area contributed by atoms with Crippen LogP contribution < -0.4 is 10.9 Å². The molecule has 1 aromatic heterocycles. The van der Waals surface area contributed by atoms with Crippen molar-refractivity contribution in [2.24, 2.45) is 0 Å². The molecular formula is C20H23ClN4O3. The minimum Gasteiger partial charge on any atom is -0.465 e. The van der Waals surface area contributed by atoms with Gasteiger partial charge in [0.25, 0.3) is 5.56 Å². The Morgan fingerprint density at radius 1 is 1.39 bits per heavy atom. The molecule has 1 aliphatic heterocycles. The molecule has 0 amide bonds. The molecule has 28 heavy (non-hydrogen) atoms. The van der Waals surface area contributed by atoms with Crippen LogP contribution in [0.25, 0.3) is 5.69 Å². The molecule has 0 saturated carbocycles. The molecule has 7 nitrogen and oxygen atoms in total. The first-order valence-corrected chi connectivity index (χ1v) is 9.48. The van der Waals surface area contributed by atoms with Crippen molar-refractivity contribution in [3.05, 3.63) is 64.1 Å². The highest BCUT2D eigenvalue weighted by molar-refractivity contribution is 6.33. The third kappa shape index (κ3) is 4.26. The lowest BCUT2D eigenvalue weighted by molar-refractivity contribution is 0.0600. The van der Waals surface area contributed by atoms with E-state index in [4.69, 9.17) is 16.3 Å². The predicted molar refractivity (Wildman–Crippen MR) is 109 cm³/mol. The van der Waals surface area contributed by atoms with E-state index in [1.807, 2.05) is 6.08 Å². The summed E-state index contributed by atoms with van der Waals surface area (Å²) >= 11 is 6.34. The highest BCUT2D eigenvalue weighted by atomic mass is 35.5. The fourth-order valence-electron chi connectivity index (χ4n) is 3.31. The SMILES string of the molecule is C=CCN1CCC(Nc2cnn(-c3ccccc3C(=O)OC)c(=O)c2Cl)CC1. The lowest BCUT2D eigenvalue weighted by Gasteiger charge is -2.32. The zero-order chi connectivity index (χ0) is 20.1. The number of hydrogen-bond acceptors (Lipinski definition) is 6. The van der Waals surface area contributed by atoms with Gasteiger partial charge in [0.1, 0.15) is 5.02 Å². The quantitative estimate of drug-likeness (QED) is 0.591. The molecule has 0 aliphatic carbocycles. The van der Waals surface area contributed by atoms with Crippen LogP contribution in [0.4, 0.5) is 5.69 Å².